The summed E-state index contributed by atoms with van der Waals surface area (Å²) in [6, 6.07) is 17.2. The summed E-state index contributed by atoms with van der Waals surface area (Å²) in [6.45, 7) is 1.35. The lowest BCUT2D eigenvalue weighted by molar-refractivity contribution is -0.384. The average molecular weight is 407 g/mol. The van der Waals surface area contributed by atoms with Gasteiger partial charge in [0.15, 0.2) is 6.61 Å². The van der Waals surface area contributed by atoms with Gasteiger partial charge in [-0.25, -0.2) is 4.79 Å². The minimum Gasteiger partial charge on any atom is -0.452 e. The van der Waals surface area contributed by atoms with Gasteiger partial charge in [-0.3, -0.25) is 14.9 Å². The summed E-state index contributed by atoms with van der Waals surface area (Å²) in [5.41, 5.74) is 1.07. The summed E-state index contributed by atoms with van der Waals surface area (Å²) >= 11 is 0. The first-order valence-electron chi connectivity index (χ1n) is 9.31. The molecule has 0 spiro atoms. The van der Waals surface area contributed by atoms with E-state index in [0.717, 1.165) is 22.4 Å². The minimum atomic E-state index is -0.823. The van der Waals surface area contributed by atoms with Crippen LogP contribution >= 0.6 is 0 Å². The van der Waals surface area contributed by atoms with Crippen molar-refractivity contribution in [3.63, 3.8) is 0 Å². The van der Waals surface area contributed by atoms with Gasteiger partial charge in [0.1, 0.15) is 0 Å². The van der Waals surface area contributed by atoms with Gasteiger partial charge in [0.25, 0.3) is 11.6 Å². The molecule has 0 fully saturated rings. The third-order valence-electron chi connectivity index (χ3n) is 4.70. The number of ether oxygens (including phenoxy) is 1. The van der Waals surface area contributed by atoms with Crippen LogP contribution in [0.1, 0.15) is 28.9 Å². The van der Waals surface area contributed by atoms with E-state index in [2.05, 4.69) is 10.6 Å². The van der Waals surface area contributed by atoms with Crippen LogP contribution < -0.4 is 10.6 Å². The van der Waals surface area contributed by atoms with Gasteiger partial charge in [-0.05, 0) is 29.3 Å². The molecule has 3 aromatic rings. The first kappa shape index (κ1) is 20.8. The van der Waals surface area contributed by atoms with Crippen molar-refractivity contribution in [1.29, 1.82) is 0 Å². The summed E-state index contributed by atoms with van der Waals surface area (Å²) in [5.74, 6) is -1.30. The Morgan fingerprint density at radius 1 is 1.10 bits per heavy atom. The number of hydrogen-bond acceptors (Lipinski definition) is 6. The van der Waals surface area contributed by atoms with E-state index in [0.29, 0.717) is 5.69 Å². The molecule has 0 aliphatic carbocycles. The molecule has 0 unspecified atom stereocenters. The molecule has 0 heterocycles. The fourth-order valence-electron chi connectivity index (χ4n) is 3.23. The van der Waals surface area contributed by atoms with Crippen molar-refractivity contribution in [2.75, 3.05) is 19.0 Å². The number of carbonyl (C=O) groups excluding carboxylic acids is 2. The Balaban J connectivity index is 1.66. The number of esters is 1. The molecule has 0 saturated carbocycles. The second-order valence-corrected chi connectivity index (χ2v) is 6.67. The quantitative estimate of drug-likeness (QED) is 0.350. The summed E-state index contributed by atoms with van der Waals surface area (Å²) in [4.78, 5) is 35.0. The molecule has 0 aromatic heterocycles. The number of benzene rings is 3. The second kappa shape index (κ2) is 9.04. The van der Waals surface area contributed by atoms with E-state index in [9.17, 15) is 19.7 Å². The smallest absolute Gasteiger partial charge is 0.341 e. The van der Waals surface area contributed by atoms with Gasteiger partial charge in [-0.1, -0.05) is 42.5 Å². The highest BCUT2D eigenvalue weighted by Crippen LogP contribution is 2.24. The Labute approximate surface area is 173 Å². The molecular weight excluding hydrogens is 386 g/mol. The number of nitro groups is 1. The number of rotatable bonds is 7. The summed E-state index contributed by atoms with van der Waals surface area (Å²) in [5, 5.41) is 18.6. The Hall–Kier alpha value is -3.94. The van der Waals surface area contributed by atoms with Crippen LogP contribution in [0, 0.1) is 10.1 Å². The lowest BCUT2D eigenvalue weighted by Crippen LogP contribution is -2.31. The molecule has 3 rings (SSSR count). The van der Waals surface area contributed by atoms with Crippen LogP contribution in [0.15, 0.2) is 60.7 Å². The largest absolute Gasteiger partial charge is 0.452 e. The molecule has 1 amide bonds. The number of nitrogens with one attached hydrogen (secondary N) is 2. The highest BCUT2D eigenvalue weighted by Gasteiger charge is 2.19. The summed E-state index contributed by atoms with van der Waals surface area (Å²) < 4.78 is 5.08. The molecule has 0 radical (unpaired) electrons. The first-order valence-corrected chi connectivity index (χ1v) is 9.31. The molecule has 8 nitrogen and oxygen atoms in total. The molecule has 3 aromatic carbocycles. The topological polar surface area (TPSA) is 111 Å². The summed E-state index contributed by atoms with van der Waals surface area (Å²) in [6.07, 6.45) is 0. The van der Waals surface area contributed by atoms with E-state index in [1.807, 2.05) is 49.4 Å². The van der Waals surface area contributed by atoms with Crippen molar-refractivity contribution < 1.29 is 19.2 Å². The molecule has 154 valence electrons. The van der Waals surface area contributed by atoms with Gasteiger partial charge in [0.05, 0.1) is 16.5 Å². The van der Waals surface area contributed by atoms with E-state index in [-0.39, 0.29) is 17.3 Å². The monoisotopic (exact) mass is 407 g/mol. The van der Waals surface area contributed by atoms with Crippen molar-refractivity contribution in [2.45, 2.75) is 13.0 Å². The van der Waals surface area contributed by atoms with Crippen LogP contribution in [-0.2, 0) is 9.53 Å². The molecule has 0 aliphatic rings. The number of anilines is 1. The fourth-order valence-corrected chi connectivity index (χ4v) is 3.23. The lowest BCUT2D eigenvalue weighted by atomic mass is 10.00. The number of non-ortho nitro benzene ring substituents is 1. The van der Waals surface area contributed by atoms with Crippen LogP contribution in [-0.4, -0.2) is 30.5 Å². The van der Waals surface area contributed by atoms with Crippen LogP contribution in [0.3, 0.4) is 0 Å². The highest BCUT2D eigenvalue weighted by molar-refractivity contribution is 5.97. The van der Waals surface area contributed by atoms with Crippen molar-refractivity contribution in [2.24, 2.45) is 0 Å². The maximum Gasteiger partial charge on any atom is 0.341 e. The molecule has 0 aliphatic heterocycles. The lowest BCUT2D eigenvalue weighted by Gasteiger charge is -2.17. The standard InChI is InChI=1S/C22H21N3O5/c1-14(17-9-5-7-15-6-3-4-8-18(15)17)24-21(26)13-30-22(27)19-12-16(25(28)29)10-11-20(19)23-2/h3-12,14,23H,13H2,1-2H3,(H,24,26)/t14-/m1/s1. The van der Waals surface area contributed by atoms with Crippen molar-refractivity contribution in [3.05, 3.63) is 81.9 Å². The van der Waals surface area contributed by atoms with E-state index in [1.54, 1.807) is 7.05 Å². The number of amides is 1. The van der Waals surface area contributed by atoms with E-state index in [4.69, 9.17) is 4.74 Å². The first-order chi connectivity index (χ1) is 14.4. The normalized spacial score (nSPS) is 11.5. The number of carbonyl (C=O) groups is 2. The van der Waals surface area contributed by atoms with Gasteiger partial charge >= 0.3 is 5.97 Å². The number of nitro benzene ring substituents is 1. The number of hydrogen-bond donors (Lipinski definition) is 2. The third kappa shape index (κ3) is 4.54. The third-order valence-corrected chi connectivity index (χ3v) is 4.70. The number of fused-ring (bicyclic) bond motifs is 1. The van der Waals surface area contributed by atoms with Gasteiger partial charge in [-0.15, -0.1) is 0 Å². The SMILES string of the molecule is CNc1ccc([N+](=O)[O-])cc1C(=O)OCC(=O)N[C@H](C)c1cccc2ccccc12. The fraction of sp³-hybridized carbons (Fsp3) is 0.182. The van der Waals surface area contributed by atoms with E-state index in [1.165, 1.54) is 12.1 Å². The zero-order chi connectivity index (χ0) is 21.7. The highest BCUT2D eigenvalue weighted by atomic mass is 16.6. The van der Waals surface area contributed by atoms with Crippen LogP contribution in [0.25, 0.3) is 10.8 Å². The van der Waals surface area contributed by atoms with Gasteiger partial charge in [-0.2, -0.15) is 0 Å². The maximum atomic E-state index is 12.4. The molecule has 8 heteroatoms. The second-order valence-electron chi connectivity index (χ2n) is 6.67. The van der Waals surface area contributed by atoms with Crippen molar-refractivity contribution >= 4 is 34.0 Å². The predicted molar refractivity (Wildman–Crippen MR) is 113 cm³/mol. The Morgan fingerprint density at radius 3 is 2.57 bits per heavy atom. The Morgan fingerprint density at radius 2 is 1.83 bits per heavy atom. The van der Waals surface area contributed by atoms with Gasteiger partial charge < -0.3 is 15.4 Å². The average Bonchev–Trinajstić information content (AvgIpc) is 2.76. The Bertz CT molecular complexity index is 1110. The number of nitrogens with zero attached hydrogens (tertiary/aromatic N) is 1. The predicted octanol–water partition coefficient (Wildman–Crippen LogP) is 3.82. The molecule has 0 bridgehead atoms. The molecule has 2 N–H and O–H groups in total. The van der Waals surface area contributed by atoms with Crippen LogP contribution in [0.4, 0.5) is 11.4 Å². The zero-order valence-electron chi connectivity index (χ0n) is 16.5. The zero-order valence-corrected chi connectivity index (χ0v) is 16.5. The maximum absolute atomic E-state index is 12.4. The van der Waals surface area contributed by atoms with E-state index < -0.39 is 23.4 Å². The van der Waals surface area contributed by atoms with Gasteiger partial charge in [0.2, 0.25) is 0 Å². The van der Waals surface area contributed by atoms with Crippen LogP contribution in [0.5, 0.6) is 0 Å². The minimum absolute atomic E-state index is 0.0124. The molecular formula is C22H21N3O5. The summed E-state index contributed by atoms with van der Waals surface area (Å²) in [7, 11) is 1.58. The van der Waals surface area contributed by atoms with E-state index >= 15 is 0 Å². The van der Waals surface area contributed by atoms with Crippen molar-refractivity contribution in [3.8, 4) is 0 Å². The van der Waals surface area contributed by atoms with Crippen molar-refractivity contribution in [1.82, 2.24) is 5.32 Å². The molecule has 30 heavy (non-hydrogen) atoms. The van der Waals surface area contributed by atoms with Gasteiger partial charge in [0, 0.05) is 24.9 Å². The molecule has 0 saturated heterocycles. The molecule has 1 atom stereocenters. The van der Waals surface area contributed by atoms with Crippen LogP contribution in [0.2, 0.25) is 0 Å². The Kier molecular flexibility index (Phi) is 6.26.